The quantitative estimate of drug-likeness (QED) is 0.900. The first-order chi connectivity index (χ1) is 9.97. The van der Waals surface area contributed by atoms with E-state index in [1.165, 1.54) is 24.8 Å². The van der Waals surface area contributed by atoms with E-state index in [4.69, 9.17) is 4.74 Å². The Morgan fingerprint density at radius 1 is 1.38 bits per heavy atom. The van der Waals surface area contributed by atoms with Crippen LogP contribution in [0.1, 0.15) is 38.7 Å². The van der Waals surface area contributed by atoms with Crippen LogP contribution in [-0.4, -0.2) is 38.2 Å². The van der Waals surface area contributed by atoms with Gasteiger partial charge in [-0.25, -0.2) is 0 Å². The predicted molar refractivity (Wildman–Crippen MR) is 88.7 cm³/mol. The fraction of sp³-hybridized carbons (Fsp3) is 0.667. The van der Waals surface area contributed by atoms with Crippen molar-refractivity contribution in [3.05, 3.63) is 29.8 Å². The standard InChI is InChI=1S/C18H30N2O/c1-18(2)11-7-10-16(17(18)19-3)20(4)13-14-8-6-9-15(12-14)21-5/h6,8-9,12,16-17,19H,7,10-11,13H2,1-5H3. The highest BCUT2D eigenvalue weighted by Crippen LogP contribution is 2.37. The zero-order valence-electron chi connectivity index (χ0n) is 14.1. The van der Waals surface area contributed by atoms with Gasteiger partial charge in [-0.3, -0.25) is 4.90 Å². The highest BCUT2D eigenvalue weighted by molar-refractivity contribution is 5.28. The summed E-state index contributed by atoms with van der Waals surface area (Å²) >= 11 is 0. The molecule has 1 N–H and O–H groups in total. The van der Waals surface area contributed by atoms with Gasteiger partial charge < -0.3 is 10.1 Å². The van der Waals surface area contributed by atoms with Crippen molar-refractivity contribution in [2.45, 2.75) is 51.7 Å². The van der Waals surface area contributed by atoms with Crippen LogP contribution in [0.2, 0.25) is 0 Å². The van der Waals surface area contributed by atoms with Crippen LogP contribution >= 0.6 is 0 Å². The molecule has 1 aliphatic rings. The molecule has 21 heavy (non-hydrogen) atoms. The van der Waals surface area contributed by atoms with Crippen molar-refractivity contribution < 1.29 is 4.74 Å². The molecular weight excluding hydrogens is 260 g/mol. The Morgan fingerprint density at radius 2 is 2.14 bits per heavy atom. The summed E-state index contributed by atoms with van der Waals surface area (Å²) in [7, 11) is 6.07. The maximum atomic E-state index is 5.33. The van der Waals surface area contributed by atoms with Gasteiger partial charge in [-0.05, 0) is 50.0 Å². The van der Waals surface area contributed by atoms with Gasteiger partial charge in [0.2, 0.25) is 0 Å². The van der Waals surface area contributed by atoms with Gasteiger partial charge in [-0.2, -0.15) is 0 Å². The van der Waals surface area contributed by atoms with Gasteiger partial charge in [0.1, 0.15) is 5.75 Å². The first-order valence-corrected chi connectivity index (χ1v) is 7.98. The van der Waals surface area contributed by atoms with Crippen LogP contribution in [0.4, 0.5) is 0 Å². The van der Waals surface area contributed by atoms with Gasteiger partial charge in [-0.1, -0.05) is 32.4 Å². The summed E-state index contributed by atoms with van der Waals surface area (Å²) in [5.41, 5.74) is 1.68. The number of rotatable bonds is 5. The third-order valence-electron chi connectivity index (χ3n) is 4.99. The molecule has 0 radical (unpaired) electrons. The summed E-state index contributed by atoms with van der Waals surface area (Å²) in [5.74, 6) is 0.940. The molecule has 1 saturated carbocycles. The van der Waals surface area contributed by atoms with Gasteiger partial charge in [0.25, 0.3) is 0 Å². The van der Waals surface area contributed by atoms with Crippen LogP contribution in [0, 0.1) is 5.41 Å². The van der Waals surface area contributed by atoms with Crippen LogP contribution in [0.25, 0.3) is 0 Å². The number of likely N-dealkylation sites (N-methyl/N-ethyl adjacent to an activating group) is 2. The first-order valence-electron chi connectivity index (χ1n) is 7.98. The lowest BCUT2D eigenvalue weighted by Gasteiger charge is -2.47. The summed E-state index contributed by atoms with van der Waals surface area (Å²) in [6.45, 7) is 5.75. The number of nitrogens with one attached hydrogen (secondary N) is 1. The highest BCUT2D eigenvalue weighted by Gasteiger charge is 2.39. The van der Waals surface area contributed by atoms with E-state index in [2.05, 4.69) is 56.4 Å². The Kier molecular flexibility index (Phi) is 5.28. The van der Waals surface area contributed by atoms with E-state index < -0.39 is 0 Å². The van der Waals surface area contributed by atoms with E-state index in [0.717, 1.165) is 12.3 Å². The average Bonchev–Trinajstić information content (AvgIpc) is 2.46. The lowest BCUT2D eigenvalue weighted by atomic mass is 9.70. The Bertz CT molecular complexity index is 458. The number of hydrogen-bond donors (Lipinski definition) is 1. The Balaban J connectivity index is 2.09. The molecule has 0 saturated heterocycles. The molecule has 2 unspecified atom stereocenters. The molecule has 1 aliphatic carbocycles. The number of ether oxygens (including phenoxy) is 1. The smallest absolute Gasteiger partial charge is 0.119 e. The Morgan fingerprint density at radius 3 is 2.81 bits per heavy atom. The summed E-state index contributed by atoms with van der Waals surface area (Å²) in [6, 6.07) is 9.53. The Labute approximate surface area is 129 Å². The second kappa shape index (κ2) is 6.80. The minimum absolute atomic E-state index is 0.361. The van der Waals surface area contributed by atoms with Gasteiger partial charge >= 0.3 is 0 Å². The van der Waals surface area contributed by atoms with E-state index in [9.17, 15) is 0 Å². The monoisotopic (exact) mass is 290 g/mol. The number of nitrogens with zero attached hydrogens (tertiary/aromatic N) is 1. The maximum Gasteiger partial charge on any atom is 0.119 e. The molecule has 0 bridgehead atoms. The molecule has 3 nitrogen and oxygen atoms in total. The van der Waals surface area contributed by atoms with Crippen LogP contribution < -0.4 is 10.1 Å². The van der Waals surface area contributed by atoms with Crippen molar-refractivity contribution in [2.75, 3.05) is 21.2 Å². The third kappa shape index (κ3) is 3.78. The van der Waals surface area contributed by atoms with Gasteiger partial charge in [0, 0.05) is 18.6 Å². The lowest BCUT2D eigenvalue weighted by molar-refractivity contribution is 0.0632. The van der Waals surface area contributed by atoms with E-state index in [1.807, 2.05) is 6.07 Å². The second-order valence-electron chi connectivity index (χ2n) is 6.98. The fourth-order valence-corrected chi connectivity index (χ4v) is 3.84. The van der Waals surface area contributed by atoms with Crippen molar-refractivity contribution in [3.63, 3.8) is 0 Å². The molecule has 1 fully saturated rings. The highest BCUT2D eigenvalue weighted by atomic mass is 16.5. The molecule has 1 aromatic rings. The molecule has 3 heteroatoms. The average molecular weight is 290 g/mol. The minimum atomic E-state index is 0.361. The molecule has 0 spiro atoms. The number of methoxy groups -OCH3 is 1. The summed E-state index contributed by atoms with van der Waals surface area (Å²) in [6.07, 6.45) is 3.90. The molecule has 0 aliphatic heterocycles. The van der Waals surface area contributed by atoms with E-state index in [1.54, 1.807) is 7.11 Å². The van der Waals surface area contributed by atoms with Crippen molar-refractivity contribution in [1.82, 2.24) is 10.2 Å². The van der Waals surface area contributed by atoms with Crippen LogP contribution in [0.5, 0.6) is 5.75 Å². The maximum absolute atomic E-state index is 5.33. The van der Waals surface area contributed by atoms with Gasteiger partial charge in [0.15, 0.2) is 0 Å². The molecule has 118 valence electrons. The number of hydrogen-bond acceptors (Lipinski definition) is 3. The topological polar surface area (TPSA) is 24.5 Å². The van der Waals surface area contributed by atoms with E-state index in [0.29, 0.717) is 17.5 Å². The Hall–Kier alpha value is -1.06. The van der Waals surface area contributed by atoms with Crippen molar-refractivity contribution in [1.29, 1.82) is 0 Å². The summed E-state index contributed by atoms with van der Waals surface area (Å²) < 4.78 is 5.33. The lowest BCUT2D eigenvalue weighted by Crippen LogP contribution is -2.56. The third-order valence-corrected chi connectivity index (χ3v) is 4.99. The summed E-state index contributed by atoms with van der Waals surface area (Å²) in [5, 5.41) is 3.57. The van der Waals surface area contributed by atoms with Crippen LogP contribution in [0.15, 0.2) is 24.3 Å². The first kappa shape index (κ1) is 16.3. The largest absolute Gasteiger partial charge is 0.497 e. The molecule has 1 aromatic carbocycles. The summed E-state index contributed by atoms with van der Waals surface area (Å²) in [4.78, 5) is 2.50. The molecule has 0 aromatic heterocycles. The zero-order chi connectivity index (χ0) is 15.5. The van der Waals surface area contributed by atoms with E-state index >= 15 is 0 Å². The molecule has 0 heterocycles. The molecule has 2 atom stereocenters. The SMILES string of the molecule is CNC1C(N(C)Cc2cccc(OC)c2)CCCC1(C)C. The predicted octanol–water partition coefficient (Wildman–Crippen LogP) is 3.29. The van der Waals surface area contributed by atoms with Crippen LogP contribution in [0.3, 0.4) is 0 Å². The number of benzene rings is 1. The fourth-order valence-electron chi connectivity index (χ4n) is 3.84. The van der Waals surface area contributed by atoms with Crippen molar-refractivity contribution in [2.24, 2.45) is 5.41 Å². The van der Waals surface area contributed by atoms with Crippen molar-refractivity contribution in [3.8, 4) is 5.75 Å². The minimum Gasteiger partial charge on any atom is -0.497 e. The van der Waals surface area contributed by atoms with E-state index in [-0.39, 0.29) is 0 Å². The molecule has 2 rings (SSSR count). The van der Waals surface area contributed by atoms with Crippen LogP contribution in [-0.2, 0) is 6.54 Å². The molecule has 0 amide bonds. The van der Waals surface area contributed by atoms with Gasteiger partial charge in [-0.15, -0.1) is 0 Å². The molecular formula is C18H30N2O. The van der Waals surface area contributed by atoms with Crippen molar-refractivity contribution >= 4 is 0 Å². The second-order valence-corrected chi connectivity index (χ2v) is 6.98. The van der Waals surface area contributed by atoms with Gasteiger partial charge in [0.05, 0.1) is 7.11 Å². The zero-order valence-corrected chi connectivity index (χ0v) is 14.1. The normalized spacial score (nSPS) is 25.0.